The molecule has 0 radical (unpaired) electrons. The topological polar surface area (TPSA) is 155 Å². The van der Waals surface area contributed by atoms with Crippen molar-refractivity contribution in [3.05, 3.63) is 46.5 Å². The van der Waals surface area contributed by atoms with E-state index in [1.54, 1.807) is 30.6 Å². The first-order chi connectivity index (χ1) is 31.7. The number of nitrogens with two attached hydrogens (primary N) is 1. The summed E-state index contributed by atoms with van der Waals surface area (Å²) in [5.74, 6) is -2.68. The summed E-state index contributed by atoms with van der Waals surface area (Å²) in [5.41, 5.74) is 0.0284. The Kier molecular flexibility index (Phi) is 16.9. The molecule has 2 saturated carbocycles. The number of fused-ring (bicyclic) bond motifs is 2. The highest BCUT2D eigenvalue weighted by molar-refractivity contribution is 6.06. The summed E-state index contributed by atoms with van der Waals surface area (Å²) in [4.78, 5) is 70.8. The van der Waals surface area contributed by atoms with Crippen molar-refractivity contribution in [3.8, 4) is 11.5 Å². The van der Waals surface area contributed by atoms with Gasteiger partial charge in [-0.1, -0.05) is 45.4 Å². The van der Waals surface area contributed by atoms with Crippen LogP contribution >= 0.6 is 0 Å². The van der Waals surface area contributed by atoms with Crippen LogP contribution in [0.15, 0.2) is 24.3 Å². The van der Waals surface area contributed by atoms with E-state index in [0.29, 0.717) is 0 Å². The Hall–Kier alpha value is -5.07. The number of nitrogens with zero attached hydrogens (tertiary/aromatic N) is 4. The fourth-order valence-corrected chi connectivity index (χ4v) is 9.70. The quantitative estimate of drug-likeness (QED) is 0.200. The zero-order valence-corrected chi connectivity index (χ0v) is 40.7. The van der Waals surface area contributed by atoms with Crippen LogP contribution in [-0.4, -0.2) is 101 Å². The molecule has 0 saturated heterocycles. The molecule has 4 aliphatic rings. The minimum Gasteiger partial charge on any atom is -0.476 e. The molecule has 2 heterocycles. The van der Waals surface area contributed by atoms with Crippen LogP contribution in [0.2, 0.25) is 0 Å². The standard InChI is InChI=1S/C26H36F3N3O4.C23H32F3N3O3/c1-6-22(33)30-12-13-31-20-14-18(23(34)32(16(2)3)17-10-8-7-9-11-17)19(26(27,28)29)15-21(20)36-25(4,5)24(31)35;1-14(2)29(15-8-6-5-7-9-15)20(30)16-12-18-19(13-17(16)23(24,25)26)32-22(3,4)21(31)28(18)11-10-27/h14-17H,6-13H2,1-5H3,(H,30,33);12-15H,5-11,27H2,1-4H3. The average molecular weight is 967 g/mol. The highest BCUT2D eigenvalue weighted by atomic mass is 19.4. The zero-order chi connectivity index (χ0) is 50.7. The third-order valence-electron chi connectivity index (χ3n) is 13.0. The molecule has 378 valence electrons. The molecule has 2 aliphatic carbocycles. The van der Waals surface area contributed by atoms with Crippen LogP contribution in [0.25, 0.3) is 0 Å². The Bertz CT molecular complexity index is 2180. The molecule has 0 unspecified atom stereocenters. The molecule has 68 heavy (non-hydrogen) atoms. The van der Waals surface area contributed by atoms with Gasteiger partial charge in [0.05, 0.1) is 33.6 Å². The molecule has 3 N–H and O–H groups in total. The number of hydrogen-bond donors (Lipinski definition) is 2. The first kappa shape index (κ1) is 53.9. The number of carbonyl (C=O) groups is 5. The minimum atomic E-state index is -4.80. The normalized spacial score (nSPS) is 18.5. The van der Waals surface area contributed by atoms with Crippen LogP contribution in [-0.2, 0) is 26.7 Å². The van der Waals surface area contributed by atoms with Crippen molar-refractivity contribution < 1.29 is 59.8 Å². The number of alkyl halides is 6. The molecular formula is C49H68F6N6O7. The van der Waals surface area contributed by atoms with E-state index in [2.05, 4.69) is 5.32 Å². The minimum absolute atomic E-state index is 0.0277. The maximum absolute atomic E-state index is 14.2. The molecule has 19 heteroatoms. The third-order valence-corrected chi connectivity index (χ3v) is 13.0. The van der Waals surface area contributed by atoms with Gasteiger partial charge in [-0.2, -0.15) is 26.3 Å². The zero-order valence-electron chi connectivity index (χ0n) is 40.7. The molecule has 0 aromatic heterocycles. The van der Waals surface area contributed by atoms with Gasteiger partial charge in [0, 0.05) is 56.8 Å². The van der Waals surface area contributed by atoms with Crippen molar-refractivity contribution >= 4 is 40.9 Å². The molecule has 2 fully saturated rings. The van der Waals surface area contributed by atoms with E-state index in [9.17, 15) is 50.3 Å². The molecular weight excluding hydrogens is 899 g/mol. The second-order valence-electron chi connectivity index (χ2n) is 19.6. The molecule has 0 spiro atoms. The van der Waals surface area contributed by atoms with Gasteiger partial charge in [-0.3, -0.25) is 24.0 Å². The Morgan fingerprint density at radius 1 is 0.676 bits per heavy atom. The summed E-state index contributed by atoms with van der Waals surface area (Å²) in [6, 6.07) is 3.16. The van der Waals surface area contributed by atoms with Crippen LogP contribution in [0.5, 0.6) is 11.5 Å². The number of hydrogen-bond acceptors (Lipinski definition) is 8. The van der Waals surface area contributed by atoms with E-state index in [4.69, 9.17) is 15.2 Å². The lowest BCUT2D eigenvalue weighted by molar-refractivity contribution is -0.139. The van der Waals surface area contributed by atoms with Crippen molar-refractivity contribution in [1.82, 2.24) is 15.1 Å². The van der Waals surface area contributed by atoms with E-state index < -0.39 is 69.4 Å². The first-order valence-electron chi connectivity index (χ1n) is 23.8. The van der Waals surface area contributed by atoms with Crippen LogP contribution in [0.4, 0.5) is 37.7 Å². The van der Waals surface area contributed by atoms with Crippen LogP contribution in [0.3, 0.4) is 0 Å². The van der Waals surface area contributed by atoms with Gasteiger partial charge in [0.15, 0.2) is 11.2 Å². The Morgan fingerprint density at radius 3 is 1.37 bits per heavy atom. The van der Waals surface area contributed by atoms with Crippen LogP contribution in [0.1, 0.15) is 165 Å². The van der Waals surface area contributed by atoms with E-state index in [-0.39, 0.29) is 85.5 Å². The van der Waals surface area contributed by atoms with Crippen molar-refractivity contribution in [2.45, 2.75) is 181 Å². The molecule has 2 aromatic rings. The summed E-state index contributed by atoms with van der Waals surface area (Å²) in [6.45, 7) is 15.2. The molecule has 6 rings (SSSR count). The summed E-state index contributed by atoms with van der Waals surface area (Å²) in [7, 11) is 0. The van der Waals surface area contributed by atoms with Gasteiger partial charge < -0.3 is 40.1 Å². The van der Waals surface area contributed by atoms with E-state index in [1.165, 1.54) is 37.5 Å². The molecule has 2 aliphatic heterocycles. The Morgan fingerprint density at radius 2 is 1.04 bits per heavy atom. The summed E-state index contributed by atoms with van der Waals surface area (Å²) >= 11 is 0. The van der Waals surface area contributed by atoms with Gasteiger partial charge >= 0.3 is 12.4 Å². The molecule has 0 atom stereocenters. The van der Waals surface area contributed by atoms with Gasteiger partial charge in [-0.05, 0) is 105 Å². The molecule has 2 aromatic carbocycles. The molecule has 0 bridgehead atoms. The highest BCUT2D eigenvalue weighted by Crippen LogP contribution is 2.46. The lowest BCUT2D eigenvalue weighted by Gasteiger charge is -2.40. The second-order valence-corrected chi connectivity index (χ2v) is 19.6. The van der Waals surface area contributed by atoms with E-state index >= 15 is 0 Å². The predicted molar refractivity (Wildman–Crippen MR) is 246 cm³/mol. The van der Waals surface area contributed by atoms with Gasteiger partial charge in [0.2, 0.25) is 5.91 Å². The number of amides is 5. The number of anilines is 2. The van der Waals surface area contributed by atoms with E-state index in [1.807, 2.05) is 13.8 Å². The molecule has 13 nitrogen and oxygen atoms in total. The number of rotatable bonds is 12. The van der Waals surface area contributed by atoms with Crippen molar-refractivity contribution in [1.29, 1.82) is 0 Å². The summed E-state index contributed by atoms with van der Waals surface area (Å²) in [6.07, 6.45) is -0.432. The fourth-order valence-electron chi connectivity index (χ4n) is 9.70. The van der Waals surface area contributed by atoms with Crippen molar-refractivity contribution in [2.24, 2.45) is 5.73 Å². The third kappa shape index (κ3) is 11.8. The monoisotopic (exact) mass is 967 g/mol. The lowest BCUT2D eigenvalue weighted by atomic mass is 9.92. The van der Waals surface area contributed by atoms with Gasteiger partial charge in [-0.15, -0.1) is 0 Å². The number of ether oxygens (including phenoxy) is 2. The smallest absolute Gasteiger partial charge is 0.417 e. The van der Waals surface area contributed by atoms with Gasteiger partial charge in [-0.25, -0.2) is 0 Å². The van der Waals surface area contributed by atoms with Crippen LogP contribution < -0.4 is 30.3 Å². The number of carbonyl (C=O) groups excluding carboxylic acids is 5. The Labute approximate surface area is 395 Å². The SMILES string of the molecule is CC(C)N(C(=O)c1cc2c(cc1C(F)(F)F)OC(C)(C)C(=O)N2CCN)C1CCCCC1.CCC(=O)NCCN1C(=O)C(C)(C)Oc2cc(C(F)(F)F)c(C(=O)N(C(C)C)C3CCCCC3)cc21. The highest BCUT2D eigenvalue weighted by Gasteiger charge is 2.47. The maximum atomic E-state index is 14.2. The Balaban J connectivity index is 0.000000256. The largest absolute Gasteiger partial charge is 0.476 e. The second kappa shape index (κ2) is 21.3. The van der Waals surface area contributed by atoms with Gasteiger partial charge in [0.1, 0.15) is 11.5 Å². The fraction of sp³-hybridized carbons (Fsp3) is 0.653. The molecule has 5 amide bonds. The average Bonchev–Trinajstić information content (AvgIpc) is 3.25. The summed E-state index contributed by atoms with van der Waals surface area (Å²) < 4.78 is 96.3. The number of halogens is 6. The number of benzene rings is 2. The van der Waals surface area contributed by atoms with Crippen molar-refractivity contribution in [2.75, 3.05) is 36.0 Å². The van der Waals surface area contributed by atoms with Crippen molar-refractivity contribution in [3.63, 3.8) is 0 Å². The number of nitrogens with one attached hydrogen (secondary N) is 1. The summed E-state index contributed by atoms with van der Waals surface area (Å²) in [5, 5.41) is 2.68. The van der Waals surface area contributed by atoms with E-state index in [0.717, 1.165) is 88.5 Å². The maximum Gasteiger partial charge on any atom is 0.417 e. The van der Waals surface area contributed by atoms with Gasteiger partial charge in [0.25, 0.3) is 23.6 Å². The lowest BCUT2D eigenvalue weighted by Crippen LogP contribution is -2.54. The van der Waals surface area contributed by atoms with Crippen LogP contribution in [0, 0.1) is 0 Å². The predicted octanol–water partition coefficient (Wildman–Crippen LogP) is 9.27. The first-order valence-corrected chi connectivity index (χ1v) is 23.8.